The van der Waals surface area contributed by atoms with Crippen LogP contribution in [0.3, 0.4) is 0 Å². The zero-order valence-electron chi connectivity index (χ0n) is 22.8. The fourth-order valence-electron chi connectivity index (χ4n) is 6.80. The Morgan fingerprint density at radius 1 is 0.973 bits per heavy atom. The number of rotatable bonds is 10. The SMILES string of the molecule is COCCN(C)[C@]1(c2ccccc2)CC[C@@]2(CC1)CN(Cc1ccc(OC)cc1)C(=O)N2CC1CCC1. The maximum absolute atomic E-state index is 13.9. The van der Waals surface area contributed by atoms with Crippen LogP contribution in [0.5, 0.6) is 5.75 Å². The molecule has 1 spiro atoms. The minimum absolute atomic E-state index is 0.0281. The Hall–Kier alpha value is -2.57. The minimum Gasteiger partial charge on any atom is -0.497 e. The quantitative estimate of drug-likeness (QED) is 0.427. The molecule has 200 valence electrons. The average molecular weight is 506 g/mol. The highest BCUT2D eigenvalue weighted by Gasteiger charge is 2.55. The highest BCUT2D eigenvalue weighted by atomic mass is 16.5. The van der Waals surface area contributed by atoms with E-state index in [2.05, 4.69) is 64.2 Å². The Morgan fingerprint density at radius 3 is 2.27 bits per heavy atom. The van der Waals surface area contributed by atoms with Gasteiger partial charge in [0.2, 0.25) is 0 Å². The number of carbonyl (C=O) groups excluding carboxylic acids is 1. The van der Waals surface area contributed by atoms with Crippen molar-refractivity contribution in [2.75, 3.05) is 47.5 Å². The van der Waals surface area contributed by atoms with Crippen molar-refractivity contribution in [3.8, 4) is 5.75 Å². The highest BCUT2D eigenvalue weighted by Crippen LogP contribution is 2.50. The number of urea groups is 1. The molecule has 1 heterocycles. The van der Waals surface area contributed by atoms with Crippen LogP contribution in [0.25, 0.3) is 0 Å². The van der Waals surface area contributed by atoms with Crippen LogP contribution in [0.1, 0.15) is 56.1 Å². The van der Waals surface area contributed by atoms with E-state index < -0.39 is 0 Å². The number of hydrogen-bond donors (Lipinski definition) is 0. The van der Waals surface area contributed by atoms with Crippen LogP contribution in [-0.4, -0.2) is 73.8 Å². The van der Waals surface area contributed by atoms with Gasteiger partial charge in [0.15, 0.2) is 0 Å². The number of nitrogens with zero attached hydrogens (tertiary/aromatic N) is 3. The second-order valence-corrected chi connectivity index (χ2v) is 11.4. The predicted octanol–water partition coefficient (Wildman–Crippen LogP) is 5.52. The molecule has 0 aromatic heterocycles. The van der Waals surface area contributed by atoms with Gasteiger partial charge in [0, 0.05) is 38.8 Å². The summed E-state index contributed by atoms with van der Waals surface area (Å²) in [6.07, 6.45) is 7.95. The standard InChI is InChI=1S/C31H43N3O3/c1-32(20-21-36-2)31(27-10-5-4-6-11-27)18-16-30(17-19-31)24-33(22-26-12-14-28(37-3)15-13-26)29(35)34(30)23-25-8-7-9-25/h4-6,10-15,25H,7-9,16-24H2,1-3H3/t30-,31-. The summed E-state index contributed by atoms with van der Waals surface area (Å²) >= 11 is 0. The van der Waals surface area contributed by atoms with Gasteiger partial charge in [-0.2, -0.15) is 0 Å². The van der Waals surface area contributed by atoms with Gasteiger partial charge in [-0.3, -0.25) is 4.90 Å². The van der Waals surface area contributed by atoms with Gasteiger partial charge >= 0.3 is 6.03 Å². The van der Waals surface area contributed by atoms with Gasteiger partial charge in [-0.15, -0.1) is 0 Å². The molecule has 2 saturated carbocycles. The fraction of sp³-hybridized carbons (Fsp3) is 0.581. The van der Waals surface area contributed by atoms with Crippen LogP contribution in [0, 0.1) is 5.92 Å². The molecule has 0 N–H and O–H groups in total. The van der Waals surface area contributed by atoms with Crippen molar-refractivity contribution in [1.29, 1.82) is 0 Å². The molecule has 0 unspecified atom stereocenters. The summed E-state index contributed by atoms with van der Waals surface area (Å²) in [7, 11) is 5.71. The first-order valence-corrected chi connectivity index (χ1v) is 13.9. The number of methoxy groups -OCH3 is 2. The first-order valence-electron chi connectivity index (χ1n) is 13.9. The molecule has 0 bridgehead atoms. The highest BCUT2D eigenvalue weighted by molar-refractivity contribution is 5.78. The van der Waals surface area contributed by atoms with E-state index in [1.54, 1.807) is 14.2 Å². The van der Waals surface area contributed by atoms with Crippen molar-refractivity contribution in [2.24, 2.45) is 5.92 Å². The van der Waals surface area contributed by atoms with Gasteiger partial charge < -0.3 is 19.3 Å². The van der Waals surface area contributed by atoms with Crippen molar-refractivity contribution in [1.82, 2.24) is 14.7 Å². The maximum Gasteiger partial charge on any atom is 0.320 e. The lowest BCUT2D eigenvalue weighted by atomic mass is 9.67. The van der Waals surface area contributed by atoms with Crippen LogP contribution in [0.4, 0.5) is 4.79 Å². The van der Waals surface area contributed by atoms with Gasteiger partial charge in [-0.25, -0.2) is 4.79 Å². The number of carbonyl (C=O) groups is 1. The van der Waals surface area contributed by atoms with Crippen molar-refractivity contribution < 1.29 is 14.3 Å². The third kappa shape index (κ3) is 5.10. The fourth-order valence-corrected chi connectivity index (χ4v) is 6.80. The summed E-state index contributed by atoms with van der Waals surface area (Å²) in [4.78, 5) is 20.8. The second-order valence-electron chi connectivity index (χ2n) is 11.4. The van der Waals surface area contributed by atoms with Gasteiger partial charge in [0.05, 0.1) is 19.3 Å². The molecule has 6 nitrogen and oxygen atoms in total. The van der Waals surface area contributed by atoms with E-state index in [0.717, 1.165) is 63.2 Å². The zero-order valence-corrected chi connectivity index (χ0v) is 22.8. The predicted molar refractivity (Wildman–Crippen MR) is 147 cm³/mol. The number of likely N-dealkylation sites (N-methyl/N-ethyl adjacent to an activating group) is 1. The molecule has 1 aliphatic heterocycles. The minimum atomic E-state index is -0.0838. The Labute approximate surface area is 222 Å². The Bertz CT molecular complexity index is 1030. The molecule has 0 radical (unpaired) electrons. The number of amides is 2. The molecule has 6 heteroatoms. The van der Waals surface area contributed by atoms with Gasteiger partial charge in [0.1, 0.15) is 5.75 Å². The zero-order chi connectivity index (χ0) is 25.9. The first-order chi connectivity index (χ1) is 18.0. The second kappa shape index (κ2) is 11.0. The molecule has 1 saturated heterocycles. The van der Waals surface area contributed by atoms with Crippen LogP contribution < -0.4 is 4.74 Å². The molecular formula is C31H43N3O3. The monoisotopic (exact) mass is 505 g/mol. The summed E-state index contributed by atoms with van der Waals surface area (Å²) in [5.74, 6) is 1.51. The number of hydrogen-bond acceptors (Lipinski definition) is 4. The van der Waals surface area contributed by atoms with E-state index in [4.69, 9.17) is 9.47 Å². The Balaban J connectivity index is 1.39. The molecule has 2 aliphatic carbocycles. The molecule has 0 atom stereocenters. The molecule has 2 aromatic rings. The smallest absolute Gasteiger partial charge is 0.320 e. The van der Waals surface area contributed by atoms with Crippen LogP contribution in [-0.2, 0) is 16.8 Å². The Morgan fingerprint density at radius 2 is 1.68 bits per heavy atom. The van der Waals surface area contributed by atoms with E-state index in [9.17, 15) is 4.79 Å². The van der Waals surface area contributed by atoms with Crippen molar-refractivity contribution in [3.05, 3.63) is 65.7 Å². The summed E-state index contributed by atoms with van der Waals surface area (Å²) in [6, 6.07) is 19.3. The summed E-state index contributed by atoms with van der Waals surface area (Å²) < 4.78 is 10.8. The van der Waals surface area contributed by atoms with Crippen LogP contribution in [0.2, 0.25) is 0 Å². The van der Waals surface area contributed by atoms with Crippen molar-refractivity contribution in [2.45, 2.75) is 62.6 Å². The third-order valence-electron chi connectivity index (χ3n) is 9.44. The molecule has 3 aliphatic rings. The van der Waals surface area contributed by atoms with E-state index in [-0.39, 0.29) is 17.1 Å². The van der Waals surface area contributed by atoms with Crippen LogP contribution in [0.15, 0.2) is 54.6 Å². The third-order valence-corrected chi connectivity index (χ3v) is 9.44. The lowest BCUT2D eigenvalue weighted by Crippen LogP contribution is -2.57. The molecule has 3 fully saturated rings. The summed E-state index contributed by atoms with van der Waals surface area (Å²) in [6.45, 7) is 4.00. The lowest BCUT2D eigenvalue weighted by Gasteiger charge is -2.52. The first kappa shape index (κ1) is 26.1. The summed E-state index contributed by atoms with van der Waals surface area (Å²) in [5.41, 5.74) is 2.43. The van der Waals surface area contributed by atoms with E-state index in [0.29, 0.717) is 12.5 Å². The van der Waals surface area contributed by atoms with Crippen LogP contribution >= 0.6 is 0 Å². The number of ether oxygens (including phenoxy) is 2. The lowest BCUT2D eigenvalue weighted by molar-refractivity contribution is -0.00431. The van der Waals surface area contributed by atoms with E-state index in [1.807, 2.05) is 12.1 Å². The van der Waals surface area contributed by atoms with Crippen molar-refractivity contribution >= 4 is 6.03 Å². The summed E-state index contributed by atoms with van der Waals surface area (Å²) in [5, 5.41) is 0. The number of benzene rings is 2. The molecule has 37 heavy (non-hydrogen) atoms. The van der Waals surface area contributed by atoms with Gasteiger partial charge in [-0.1, -0.05) is 48.9 Å². The average Bonchev–Trinajstić information content (AvgIpc) is 3.15. The topological polar surface area (TPSA) is 45.3 Å². The van der Waals surface area contributed by atoms with E-state index >= 15 is 0 Å². The van der Waals surface area contributed by atoms with Gasteiger partial charge in [-0.05, 0) is 74.8 Å². The largest absolute Gasteiger partial charge is 0.497 e. The normalized spacial score (nSPS) is 26.2. The Kier molecular flexibility index (Phi) is 7.77. The molecular weight excluding hydrogens is 462 g/mol. The molecule has 2 aromatic carbocycles. The maximum atomic E-state index is 13.9. The van der Waals surface area contributed by atoms with Gasteiger partial charge in [0.25, 0.3) is 0 Å². The van der Waals surface area contributed by atoms with Crippen molar-refractivity contribution in [3.63, 3.8) is 0 Å². The molecule has 5 rings (SSSR count). The van der Waals surface area contributed by atoms with E-state index in [1.165, 1.54) is 24.8 Å². The molecule has 2 amide bonds.